The van der Waals surface area contributed by atoms with Gasteiger partial charge in [-0.05, 0) is 26.8 Å². The molecule has 1 saturated heterocycles. The number of hydrogen-bond acceptors (Lipinski definition) is 7. The Morgan fingerprint density at radius 1 is 1.50 bits per heavy atom. The predicted molar refractivity (Wildman–Crippen MR) is 88.2 cm³/mol. The molecule has 0 saturated carbocycles. The van der Waals surface area contributed by atoms with Gasteiger partial charge in [0.25, 0.3) is 0 Å². The Morgan fingerprint density at radius 2 is 2.41 bits per heavy atom. The molecule has 0 amide bonds. The van der Waals surface area contributed by atoms with Gasteiger partial charge in [-0.15, -0.1) is 21.5 Å². The average molecular weight is 339 g/mol. The fourth-order valence-electron chi connectivity index (χ4n) is 2.49. The van der Waals surface area contributed by atoms with E-state index in [2.05, 4.69) is 32.0 Å². The van der Waals surface area contributed by atoms with Crippen LogP contribution in [0.1, 0.15) is 29.2 Å². The molecule has 2 aromatic rings. The first-order chi connectivity index (χ1) is 10.8. The number of nitrogens with one attached hydrogen (secondary N) is 1. The van der Waals surface area contributed by atoms with E-state index in [0.717, 1.165) is 55.0 Å². The van der Waals surface area contributed by atoms with E-state index in [4.69, 9.17) is 4.74 Å². The van der Waals surface area contributed by atoms with Gasteiger partial charge in [-0.3, -0.25) is 0 Å². The van der Waals surface area contributed by atoms with Crippen LogP contribution in [0, 0.1) is 6.92 Å². The van der Waals surface area contributed by atoms with E-state index >= 15 is 0 Å². The Kier molecular flexibility index (Phi) is 5.46. The first-order valence-electron chi connectivity index (χ1n) is 7.48. The second-order valence-electron chi connectivity index (χ2n) is 5.32. The second kappa shape index (κ2) is 7.54. The summed E-state index contributed by atoms with van der Waals surface area (Å²) in [5.74, 6) is 1.80. The Labute approximate surface area is 138 Å². The predicted octanol–water partition coefficient (Wildman–Crippen LogP) is 2.23. The summed E-state index contributed by atoms with van der Waals surface area (Å²) in [5, 5.41) is 12.8. The maximum absolute atomic E-state index is 5.77. The van der Waals surface area contributed by atoms with Crippen molar-refractivity contribution >= 4 is 23.1 Å². The molecule has 3 heterocycles. The molecule has 1 aliphatic heterocycles. The normalized spacial score (nSPS) is 18.2. The molecule has 1 atom stereocenters. The molecular weight excluding hydrogens is 318 g/mol. The zero-order valence-corrected chi connectivity index (χ0v) is 14.5. The molecule has 6 nitrogen and oxygen atoms in total. The van der Waals surface area contributed by atoms with E-state index in [-0.39, 0.29) is 6.10 Å². The highest BCUT2D eigenvalue weighted by Crippen LogP contribution is 2.25. The number of nitrogens with zero attached hydrogens (tertiary/aromatic N) is 4. The molecule has 22 heavy (non-hydrogen) atoms. The summed E-state index contributed by atoms with van der Waals surface area (Å²) in [5.41, 5.74) is 3.03. The smallest absolute Gasteiger partial charge is 0.191 e. The summed E-state index contributed by atoms with van der Waals surface area (Å²) in [6.07, 6.45) is 2.55. The molecule has 1 unspecified atom stereocenters. The minimum absolute atomic E-state index is 0.284. The van der Waals surface area contributed by atoms with Crippen LogP contribution < -0.4 is 5.32 Å². The SMILES string of the molecule is CNCc1nnc(SCc2ncsc2C)n1CC1CCCO1. The molecule has 0 radical (unpaired) electrons. The largest absolute Gasteiger partial charge is 0.376 e. The van der Waals surface area contributed by atoms with Crippen molar-refractivity contribution in [2.45, 2.75) is 49.9 Å². The molecule has 0 bridgehead atoms. The van der Waals surface area contributed by atoms with Crippen molar-refractivity contribution in [2.75, 3.05) is 13.7 Å². The van der Waals surface area contributed by atoms with E-state index in [9.17, 15) is 0 Å². The number of thiazole rings is 1. The van der Waals surface area contributed by atoms with Crippen LogP contribution in [-0.2, 0) is 23.6 Å². The van der Waals surface area contributed by atoms with Crippen LogP contribution in [0.4, 0.5) is 0 Å². The van der Waals surface area contributed by atoms with Crippen molar-refractivity contribution in [1.82, 2.24) is 25.1 Å². The Balaban J connectivity index is 1.72. The van der Waals surface area contributed by atoms with Gasteiger partial charge in [0.15, 0.2) is 5.16 Å². The Hall–Kier alpha value is -0.960. The molecule has 1 aliphatic rings. The van der Waals surface area contributed by atoms with Crippen molar-refractivity contribution < 1.29 is 4.74 Å². The number of rotatable bonds is 7. The number of aryl methyl sites for hydroxylation is 1. The molecule has 0 spiro atoms. The van der Waals surface area contributed by atoms with Crippen LogP contribution in [-0.4, -0.2) is 39.5 Å². The molecular formula is C14H21N5OS2. The minimum atomic E-state index is 0.284. The van der Waals surface area contributed by atoms with Gasteiger partial charge >= 0.3 is 0 Å². The maximum atomic E-state index is 5.77. The highest BCUT2D eigenvalue weighted by molar-refractivity contribution is 7.98. The zero-order chi connectivity index (χ0) is 15.4. The Morgan fingerprint density at radius 3 is 3.09 bits per heavy atom. The first kappa shape index (κ1) is 15.9. The number of aromatic nitrogens is 4. The molecule has 0 aromatic carbocycles. The zero-order valence-electron chi connectivity index (χ0n) is 12.9. The summed E-state index contributed by atoms with van der Waals surface area (Å²) in [4.78, 5) is 5.68. The summed E-state index contributed by atoms with van der Waals surface area (Å²) < 4.78 is 7.96. The van der Waals surface area contributed by atoms with E-state index in [1.165, 1.54) is 4.88 Å². The molecule has 3 rings (SSSR count). The van der Waals surface area contributed by atoms with Crippen molar-refractivity contribution in [1.29, 1.82) is 0 Å². The van der Waals surface area contributed by atoms with Crippen molar-refractivity contribution in [3.8, 4) is 0 Å². The highest BCUT2D eigenvalue weighted by atomic mass is 32.2. The van der Waals surface area contributed by atoms with Crippen LogP contribution >= 0.6 is 23.1 Å². The van der Waals surface area contributed by atoms with Gasteiger partial charge in [0.05, 0.1) is 30.4 Å². The van der Waals surface area contributed by atoms with Gasteiger partial charge in [0, 0.05) is 17.2 Å². The van der Waals surface area contributed by atoms with Crippen molar-refractivity contribution in [3.63, 3.8) is 0 Å². The van der Waals surface area contributed by atoms with Crippen LogP contribution in [0.2, 0.25) is 0 Å². The number of hydrogen-bond donors (Lipinski definition) is 1. The van der Waals surface area contributed by atoms with Crippen LogP contribution in [0.25, 0.3) is 0 Å². The number of ether oxygens (including phenoxy) is 1. The summed E-state index contributed by atoms with van der Waals surface area (Å²) in [7, 11) is 1.93. The molecule has 120 valence electrons. The second-order valence-corrected chi connectivity index (χ2v) is 7.32. The summed E-state index contributed by atoms with van der Waals surface area (Å²) in [6.45, 7) is 4.53. The van der Waals surface area contributed by atoms with Gasteiger partial charge in [0.2, 0.25) is 0 Å². The van der Waals surface area contributed by atoms with E-state index in [0.29, 0.717) is 0 Å². The fourth-order valence-corrected chi connectivity index (χ4v) is 4.17. The van der Waals surface area contributed by atoms with Crippen LogP contribution in [0.3, 0.4) is 0 Å². The van der Waals surface area contributed by atoms with Crippen molar-refractivity contribution in [3.05, 3.63) is 21.9 Å². The maximum Gasteiger partial charge on any atom is 0.191 e. The average Bonchev–Trinajstić information content (AvgIpc) is 3.22. The van der Waals surface area contributed by atoms with Gasteiger partial charge in [0.1, 0.15) is 5.82 Å². The van der Waals surface area contributed by atoms with E-state index < -0.39 is 0 Å². The third-order valence-electron chi connectivity index (χ3n) is 3.72. The lowest BCUT2D eigenvalue weighted by Crippen LogP contribution is -2.20. The molecule has 1 N–H and O–H groups in total. The summed E-state index contributed by atoms with van der Waals surface area (Å²) in [6, 6.07) is 0. The van der Waals surface area contributed by atoms with Crippen molar-refractivity contribution in [2.24, 2.45) is 0 Å². The third kappa shape index (κ3) is 3.68. The van der Waals surface area contributed by atoms with E-state index in [1.807, 2.05) is 12.6 Å². The molecule has 0 aliphatic carbocycles. The lowest BCUT2D eigenvalue weighted by Gasteiger charge is -2.14. The molecule has 1 fully saturated rings. The quantitative estimate of drug-likeness (QED) is 0.781. The summed E-state index contributed by atoms with van der Waals surface area (Å²) >= 11 is 3.39. The lowest BCUT2D eigenvalue weighted by atomic mass is 10.2. The van der Waals surface area contributed by atoms with Crippen LogP contribution in [0.15, 0.2) is 10.7 Å². The number of thioether (sulfide) groups is 1. The minimum Gasteiger partial charge on any atom is -0.376 e. The van der Waals surface area contributed by atoms with Gasteiger partial charge in [-0.25, -0.2) is 4.98 Å². The monoisotopic (exact) mass is 339 g/mol. The first-order valence-corrected chi connectivity index (χ1v) is 9.34. The van der Waals surface area contributed by atoms with Gasteiger partial charge in [-0.2, -0.15) is 0 Å². The van der Waals surface area contributed by atoms with Gasteiger partial charge in [-0.1, -0.05) is 11.8 Å². The topological polar surface area (TPSA) is 64.9 Å². The van der Waals surface area contributed by atoms with Crippen LogP contribution in [0.5, 0.6) is 0 Å². The van der Waals surface area contributed by atoms with E-state index in [1.54, 1.807) is 23.1 Å². The lowest BCUT2D eigenvalue weighted by molar-refractivity contribution is 0.0941. The molecule has 2 aromatic heterocycles. The van der Waals surface area contributed by atoms with Gasteiger partial charge < -0.3 is 14.6 Å². The third-order valence-corrected chi connectivity index (χ3v) is 5.50. The standard InChI is InChI=1S/C14H21N5OS2/c1-10-12(16-9-22-10)8-21-14-18-17-13(6-15-2)19(14)7-11-4-3-5-20-11/h9,11,15H,3-8H2,1-2H3. The highest BCUT2D eigenvalue weighted by Gasteiger charge is 2.21. The fraction of sp³-hybridized carbons (Fsp3) is 0.643. The molecule has 8 heteroatoms. The Bertz CT molecular complexity index is 606.